The lowest BCUT2D eigenvalue weighted by Crippen LogP contribution is -2.14. The van der Waals surface area contributed by atoms with Crippen LogP contribution in [0.2, 0.25) is 0 Å². The Morgan fingerprint density at radius 1 is 1.12 bits per heavy atom. The molecule has 0 aliphatic heterocycles. The fraction of sp³-hybridized carbons (Fsp3) is 0.0588. The molecule has 6 nitrogen and oxygen atoms in total. The number of ether oxygens (including phenoxy) is 1. The van der Waals surface area contributed by atoms with Gasteiger partial charge in [0.05, 0.1) is 17.7 Å². The minimum atomic E-state index is -3.94. The molecule has 0 saturated heterocycles. The average Bonchev–Trinajstić information content (AvgIpc) is 2.57. The molecule has 0 unspecified atom stereocenters. The Hall–Kier alpha value is -2.93. The van der Waals surface area contributed by atoms with Crippen LogP contribution in [-0.4, -0.2) is 25.7 Å². The van der Waals surface area contributed by atoms with E-state index in [4.69, 9.17) is 4.74 Å². The second kappa shape index (κ2) is 6.67. The Bertz CT molecular complexity index is 903. The molecule has 0 bridgehead atoms. The van der Waals surface area contributed by atoms with Crippen LogP contribution >= 0.6 is 0 Å². The Kier molecular flexibility index (Phi) is 4.85. The van der Waals surface area contributed by atoms with Crippen molar-refractivity contribution in [2.45, 2.75) is 4.90 Å². The number of rotatable bonds is 6. The molecule has 2 aromatic carbocycles. The van der Waals surface area contributed by atoms with Gasteiger partial charge in [0.1, 0.15) is 5.75 Å². The number of aromatic hydroxyl groups is 2. The van der Waals surface area contributed by atoms with Gasteiger partial charge in [0.2, 0.25) is 0 Å². The van der Waals surface area contributed by atoms with Crippen LogP contribution in [0.1, 0.15) is 11.1 Å². The quantitative estimate of drug-likeness (QED) is 0.551. The summed E-state index contributed by atoms with van der Waals surface area (Å²) in [5, 5.41) is 19.6. The maximum atomic E-state index is 12.6. The standard InChI is InChI=1S/C17H17NO5S/c1-4-13-14(5-2)17(20)16(19)10-15(13)18-24(21,22)12-8-6-7-11(9-12)23-3/h4-10,18-20H,1-2H2,3H3. The summed E-state index contributed by atoms with van der Waals surface area (Å²) in [6, 6.07) is 7.05. The molecule has 7 heteroatoms. The summed E-state index contributed by atoms with van der Waals surface area (Å²) >= 11 is 0. The number of methoxy groups -OCH3 is 1. The van der Waals surface area contributed by atoms with Gasteiger partial charge in [0, 0.05) is 23.3 Å². The maximum Gasteiger partial charge on any atom is 0.262 e. The lowest BCUT2D eigenvalue weighted by Gasteiger charge is -2.15. The van der Waals surface area contributed by atoms with Gasteiger partial charge in [-0.1, -0.05) is 31.4 Å². The molecule has 0 aliphatic rings. The maximum absolute atomic E-state index is 12.6. The van der Waals surface area contributed by atoms with Gasteiger partial charge in [-0.25, -0.2) is 8.42 Å². The van der Waals surface area contributed by atoms with Crippen molar-refractivity contribution in [1.82, 2.24) is 0 Å². The molecule has 0 aliphatic carbocycles. The van der Waals surface area contributed by atoms with Crippen molar-refractivity contribution in [3.8, 4) is 17.2 Å². The summed E-state index contributed by atoms with van der Waals surface area (Å²) in [5.74, 6) is -0.481. The van der Waals surface area contributed by atoms with Crippen molar-refractivity contribution in [3.63, 3.8) is 0 Å². The Morgan fingerprint density at radius 3 is 2.38 bits per heavy atom. The van der Waals surface area contributed by atoms with E-state index in [9.17, 15) is 18.6 Å². The summed E-state index contributed by atoms with van der Waals surface area (Å²) in [4.78, 5) is -0.00965. The van der Waals surface area contributed by atoms with Gasteiger partial charge in [0.25, 0.3) is 10.0 Å². The van der Waals surface area contributed by atoms with Crippen LogP contribution in [0.15, 0.2) is 48.4 Å². The van der Waals surface area contributed by atoms with E-state index in [-0.39, 0.29) is 16.1 Å². The molecule has 0 atom stereocenters. The van der Waals surface area contributed by atoms with Gasteiger partial charge in [0.15, 0.2) is 11.5 Å². The zero-order valence-corrected chi connectivity index (χ0v) is 13.8. The monoisotopic (exact) mass is 347 g/mol. The topological polar surface area (TPSA) is 95.9 Å². The largest absolute Gasteiger partial charge is 0.504 e. The third-order valence-corrected chi connectivity index (χ3v) is 4.73. The highest BCUT2D eigenvalue weighted by molar-refractivity contribution is 7.92. The molecule has 3 N–H and O–H groups in total. The molecule has 0 fully saturated rings. The van der Waals surface area contributed by atoms with Gasteiger partial charge < -0.3 is 14.9 Å². The van der Waals surface area contributed by atoms with Crippen LogP contribution in [0, 0.1) is 0 Å². The predicted octanol–water partition coefficient (Wildman–Crippen LogP) is 3.19. The minimum absolute atomic E-state index is 0.00965. The predicted molar refractivity (Wildman–Crippen MR) is 93.8 cm³/mol. The first-order valence-corrected chi connectivity index (χ1v) is 8.33. The summed E-state index contributed by atoms with van der Waals surface area (Å²) in [6.07, 6.45) is 2.66. The van der Waals surface area contributed by atoms with Gasteiger partial charge >= 0.3 is 0 Å². The van der Waals surface area contributed by atoms with E-state index in [1.54, 1.807) is 12.1 Å². The van der Waals surface area contributed by atoms with Crippen LogP contribution in [0.25, 0.3) is 12.2 Å². The Morgan fingerprint density at radius 2 is 1.79 bits per heavy atom. The van der Waals surface area contributed by atoms with E-state index in [2.05, 4.69) is 17.9 Å². The Labute approximate surface area is 140 Å². The normalized spacial score (nSPS) is 10.9. The summed E-state index contributed by atoms with van der Waals surface area (Å²) in [6.45, 7) is 7.15. The van der Waals surface area contributed by atoms with E-state index in [1.165, 1.54) is 31.4 Å². The van der Waals surface area contributed by atoms with Crippen LogP contribution < -0.4 is 9.46 Å². The smallest absolute Gasteiger partial charge is 0.262 e. The van der Waals surface area contributed by atoms with Crippen molar-refractivity contribution in [3.05, 3.63) is 54.6 Å². The number of phenolic OH excluding ortho intramolecular Hbond substituents is 2. The first-order chi connectivity index (χ1) is 11.3. The van der Waals surface area contributed by atoms with Crippen molar-refractivity contribution in [1.29, 1.82) is 0 Å². The molecule has 0 heterocycles. The van der Waals surface area contributed by atoms with Gasteiger partial charge in [-0.05, 0) is 12.1 Å². The summed E-state index contributed by atoms with van der Waals surface area (Å²) in [5.41, 5.74) is 0.540. The fourth-order valence-electron chi connectivity index (χ4n) is 2.18. The summed E-state index contributed by atoms with van der Waals surface area (Å²) in [7, 11) is -2.50. The highest BCUT2D eigenvalue weighted by Gasteiger charge is 2.20. The lowest BCUT2D eigenvalue weighted by atomic mass is 10.0. The molecule has 0 saturated carbocycles. The minimum Gasteiger partial charge on any atom is -0.504 e. The van der Waals surface area contributed by atoms with E-state index in [1.807, 2.05) is 0 Å². The number of phenols is 2. The van der Waals surface area contributed by atoms with E-state index < -0.39 is 21.5 Å². The van der Waals surface area contributed by atoms with E-state index in [0.717, 1.165) is 6.07 Å². The van der Waals surface area contributed by atoms with Crippen molar-refractivity contribution >= 4 is 27.9 Å². The van der Waals surface area contributed by atoms with E-state index in [0.29, 0.717) is 11.3 Å². The second-order valence-corrected chi connectivity index (χ2v) is 6.49. The van der Waals surface area contributed by atoms with Crippen LogP contribution in [-0.2, 0) is 10.0 Å². The highest BCUT2D eigenvalue weighted by atomic mass is 32.2. The van der Waals surface area contributed by atoms with Crippen LogP contribution in [0.4, 0.5) is 5.69 Å². The zero-order valence-electron chi connectivity index (χ0n) is 13.0. The molecule has 0 spiro atoms. The van der Waals surface area contributed by atoms with Crippen LogP contribution in [0.5, 0.6) is 17.2 Å². The number of hydrogen-bond acceptors (Lipinski definition) is 5. The van der Waals surface area contributed by atoms with Gasteiger partial charge in [-0.3, -0.25) is 4.72 Å². The molecule has 126 valence electrons. The SMILES string of the molecule is C=Cc1c(NS(=O)(=O)c2cccc(OC)c2)cc(O)c(O)c1C=C. The Balaban J connectivity index is 2.55. The molecule has 2 rings (SSSR count). The fourth-order valence-corrected chi connectivity index (χ4v) is 3.28. The molecular formula is C17H17NO5S. The van der Waals surface area contributed by atoms with Crippen molar-refractivity contribution in [2.75, 3.05) is 11.8 Å². The number of anilines is 1. The average molecular weight is 347 g/mol. The molecule has 0 radical (unpaired) electrons. The molecular weight excluding hydrogens is 330 g/mol. The lowest BCUT2D eigenvalue weighted by molar-refractivity contribution is 0.403. The number of benzene rings is 2. The van der Waals surface area contributed by atoms with Crippen LogP contribution in [0.3, 0.4) is 0 Å². The summed E-state index contributed by atoms with van der Waals surface area (Å²) < 4.78 is 32.5. The number of hydrogen-bond donors (Lipinski definition) is 3. The first kappa shape index (κ1) is 17.4. The molecule has 0 amide bonds. The first-order valence-electron chi connectivity index (χ1n) is 6.84. The highest BCUT2D eigenvalue weighted by Crippen LogP contribution is 2.39. The van der Waals surface area contributed by atoms with Gasteiger partial charge in [-0.2, -0.15) is 0 Å². The molecule has 0 aromatic heterocycles. The number of nitrogens with one attached hydrogen (secondary N) is 1. The third-order valence-electron chi connectivity index (χ3n) is 3.36. The second-order valence-electron chi connectivity index (χ2n) is 4.81. The van der Waals surface area contributed by atoms with E-state index >= 15 is 0 Å². The molecule has 2 aromatic rings. The van der Waals surface area contributed by atoms with Gasteiger partial charge in [-0.15, -0.1) is 0 Å². The number of sulfonamides is 1. The zero-order chi connectivity index (χ0) is 17.9. The van der Waals surface area contributed by atoms with Crippen molar-refractivity contribution < 1.29 is 23.4 Å². The van der Waals surface area contributed by atoms with Crippen molar-refractivity contribution in [2.24, 2.45) is 0 Å². The third kappa shape index (κ3) is 3.21. The molecule has 24 heavy (non-hydrogen) atoms.